The Labute approximate surface area is 135 Å². The van der Waals surface area contributed by atoms with Gasteiger partial charge in [-0.1, -0.05) is 30.3 Å². The maximum absolute atomic E-state index is 9.09. The molecule has 0 radical (unpaired) electrons. The fraction of sp³-hybridized carbons (Fsp3) is 0.350. The number of rotatable bonds is 3. The van der Waals surface area contributed by atoms with Crippen LogP contribution in [0.1, 0.15) is 40.0 Å². The Balaban J connectivity index is 1.30. The monoisotopic (exact) mass is 302 g/mol. The number of nitrogens with one attached hydrogen (secondary N) is 1. The molecule has 1 N–H and O–H groups in total. The molecule has 0 bridgehead atoms. The van der Waals surface area contributed by atoms with Crippen LogP contribution >= 0.6 is 0 Å². The minimum atomic E-state index is 0.0565. The highest BCUT2D eigenvalue weighted by Gasteiger charge is 2.46. The van der Waals surface area contributed by atoms with Crippen LogP contribution in [-0.2, 0) is 6.42 Å². The number of nitriles is 1. The Morgan fingerprint density at radius 3 is 2.87 bits per heavy atom. The summed E-state index contributed by atoms with van der Waals surface area (Å²) >= 11 is 0. The van der Waals surface area contributed by atoms with E-state index < -0.39 is 0 Å². The summed E-state index contributed by atoms with van der Waals surface area (Å²) in [5.41, 5.74) is 5.43. The van der Waals surface area contributed by atoms with Crippen LogP contribution in [0.5, 0.6) is 5.75 Å². The average molecular weight is 302 g/mol. The topological polar surface area (TPSA) is 45.0 Å². The highest BCUT2D eigenvalue weighted by molar-refractivity contribution is 5.49. The molecule has 3 aliphatic rings. The van der Waals surface area contributed by atoms with Crippen molar-refractivity contribution in [2.45, 2.75) is 30.2 Å². The van der Waals surface area contributed by atoms with E-state index in [1.54, 1.807) is 0 Å². The summed E-state index contributed by atoms with van der Waals surface area (Å²) in [6.07, 6.45) is 0.886. The second-order valence-corrected chi connectivity index (χ2v) is 6.83. The van der Waals surface area contributed by atoms with Gasteiger partial charge in [0.2, 0.25) is 0 Å². The Hall–Kier alpha value is -2.31. The molecule has 0 aromatic heterocycles. The molecule has 1 heterocycles. The number of ether oxygens (including phenoxy) is 1. The molecule has 1 aliphatic heterocycles. The molecule has 1 saturated heterocycles. The Morgan fingerprint density at radius 1 is 1.13 bits per heavy atom. The van der Waals surface area contributed by atoms with Crippen molar-refractivity contribution in [1.29, 1.82) is 5.26 Å². The number of fused-ring (bicyclic) bond motifs is 5. The van der Waals surface area contributed by atoms with Gasteiger partial charge in [-0.15, -0.1) is 0 Å². The maximum atomic E-state index is 9.09. The summed E-state index contributed by atoms with van der Waals surface area (Å²) in [5, 5.41) is 12.7. The molecule has 5 rings (SSSR count). The van der Waals surface area contributed by atoms with Crippen LogP contribution in [0, 0.1) is 11.3 Å². The molecule has 2 aromatic carbocycles. The molecular formula is C20H18N2O. The standard InChI is InChI=1S/C20H18N2O/c21-9-13-7-12-5-6-14(8-17(12)13)23-11-19-20-16-4-2-1-3-15(16)18(20)10-22-19/h1-6,8,13,18-20,22H,7,10-11H2. The van der Waals surface area contributed by atoms with Gasteiger partial charge in [-0.05, 0) is 40.8 Å². The smallest absolute Gasteiger partial charge is 0.119 e. The first kappa shape index (κ1) is 13.2. The van der Waals surface area contributed by atoms with E-state index in [4.69, 9.17) is 10.00 Å². The number of hydrogen-bond donors (Lipinski definition) is 1. The van der Waals surface area contributed by atoms with Gasteiger partial charge in [0, 0.05) is 24.4 Å². The largest absolute Gasteiger partial charge is 0.492 e. The van der Waals surface area contributed by atoms with Crippen molar-refractivity contribution >= 4 is 0 Å². The highest BCUT2D eigenvalue weighted by Crippen LogP contribution is 2.51. The zero-order chi connectivity index (χ0) is 15.4. The van der Waals surface area contributed by atoms with E-state index in [1.807, 2.05) is 12.1 Å². The highest BCUT2D eigenvalue weighted by atomic mass is 16.5. The van der Waals surface area contributed by atoms with Crippen LogP contribution in [-0.4, -0.2) is 19.2 Å². The van der Waals surface area contributed by atoms with Crippen molar-refractivity contribution < 1.29 is 4.74 Å². The summed E-state index contributed by atoms with van der Waals surface area (Å²) in [6, 6.07) is 17.7. The van der Waals surface area contributed by atoms with Crippen LogP contribution in [0.4, 0.5) is 0 Å². The molecule has 4 unspecified atom stereocenters. The molecule has 114 valence electrons. The number of benzene rings is 2. The van der Waals surface area contributed by atoms with Gasteiger partial charge in [0.15, 0.2) is 0 Å². The van der Waals surface area contributed by atoms with Gasteiger partial charge in [0.05, 0.1) is 12.0 Å². The molecule has 1 fully saturated rings. The molecule has 0 saturated carbocycles. The third-order valence-corrected chi connectivity index (χ3v) is 5.72. The first-order chi connectivity index (χ1) is 11.3. The van der Waals surface area contributed by atoms with Crippen molar-refractivity contribution in [2.75, 3.05) is 13.2 Å². The molecule has 4 atom stereocenters. The summed E-state index contributed by atoms with van der Waals surface area (Å²) in [7, 11) is 0. The van der Waals surface area contributed by atoms with Crippen LogP contribution < -0.4 is 10.1 Å². The van der Waals surface area contributed by atoms with Crippen LogP contribution in [0.25, 0.3) is 0 Å². The molecule has 2 aliphatic carbocycles. The SMILES string of the molecule is N#CC1Cc2ccc(OCC3NCC4c5ccccc5C34)cc21. The summed E-state index contributed by atoms with van der Waals surface area (Å²) in [6.45, 7) is 1.74. The second-order valence-electron chi connectivity index (χ2n) is 6.83. The van der Waals surface area contributed by atoms with Gasteiger partial charge >= 0.3 is 0 Å². The van der Waals surface area contributed by atoms with Crippen molar-refractivity contribution in [3.8, 4) is 11.8 Å². The van der Waals surface area contributed by atoms with Crippen molar-refractivity contribution in [3.05, 3.63) is 64.7 Å². The van der Waals surface area contributed by atoms with E-state index >= 15 is 0 Å². The normalized spacial score (nSPS) is 29.3. The summed E-state index contributed by atoms with van der Waals surface area (Å²) < 4.78 is 6.05. The minimum Gasteiger partial charge on any atom is -0.492 e. The maximum Gasteiger partial charge on any atom is 0.119 e. The van der Waals surface area contributed by atoms with Gasteiger partial charge in [0.1, 0.15) is 12.4 Å². The van der Waals surface area contributed by atoms with Gasteiger partial charge < -0.3 is 10.1 Å². The predicted octanol–water partition coefficient (Wildman–Crippen LogP) is 3.08. The van der Waals surface area contributed by atoms with Crippen LogP contribution in [0.15, 0.2) is 42.5 Å². The molecular weight excluding hydrogens is 284 g/mol. The minimum absolute atomic E-state index is 0.0565. The van der Waals surface area contributed by atoms with Gasteiger partial charge in [0.25, 0.3) is 0 Å². The molecule has 3 heteroatoms. The quantitative estimate of drug-likeness (QED) is 0.947. The van der Waals surface area contributed by atoms with Crippen molar-refractivity contribution in [2.24, 2.45) is 0 Å². The lowest BCUT2D eigenvalue weighted by molar-refractivity contribution is 0.260. The van der Waals surface area contributed by atoms with Crippen molar-refractivity contribution in [1.82, 2.24) is 5.32 Å². The molecule has 0 spiro atoms. The first-order valence-electron chi connectivity index (χ1n) is 8.32. The molecule has 2 aromatic rings. The van der Waals surface area contributed by atoms with E-state index in [-0.39, 0.29) is 5.92 Å². The molecule has 3 nitrogen and oxygen atoms in total. The van der Waals surface area contributed by atoms with Crippen LogP contribution in [0.3, 0.4) is 0 Å². The Morgan fingerprint density at radius 2 is 2.00 bits per heavy atom. The van der Waals surface area contributed by atoms with E-state index in [0.717, 1.165) is 24.3 Å². The van der Waals surface area contributed by atoms with E-state index in [0.29, 0.717) is 24.5 Å². The second kappa shape index (κ2) is 4.84. The zero-order valence-electron chi connectivity index (χ0n) is 12.8. The van der Waals surface area contributed by atoms with E-state index in [1.165, 1.54) is 16.7 Å². The van der Waals surface area contributed by atoms with Gasteiger partial charge in [-0.3, -0.25) is 0 Å². The lowest BCUT2D eigenvalue weighted by Crippen LogP contribution is -2.35. The van der Waals surface area contributed by atoms with Crippen LogP contribution in [0.2, 0.25) is 0 Å². The third kappa shape index (κ3) is 1.85. The third-order valence-electron chi connectivity index (χ3n) is 5.72. The van der Waals surface area contributed by atoms with Crippen molar-refractivity contribution in [3.63, 3.8) is 0 Å². The number of hydrogen-bond acceptors (Lipinski definition) is 3. The number of nitrogens with zero attached hydrogens (tertiary/aromatic N) is 1. The van der Waals surface area contributed by atoms with Gasteiger partial charge in [-0.25, -0.2) is 0 Å². The summed E-state index contributed by atoms with van der Waals surface area (Å²) in [4.78, 5) is 0. The Kier molecular flexibility index (Phi) is 2.77. The van der Waals surface area contributed by atoms with E-state index in [9.17, 15) is 0 Å². The zero-order valence-corrected chi connectivity index (χ0v) is 12.8. The average Bonchev–Trinajstić information content (AvgIpc) is 2.91. The fourth-order valence-electron chi connectivity index (χ4n) is 4.44. The fourth-order valence-corrected chi connectivity index (χ4v) is 4.44. The predicted molar refractivity (Wildman–Crippen MR) is 87.7 cm³/mol. The Bertz CT molecular complexity index is 823. The lowest BCUT2D eigenvalue weighted by atomic mass is 9.67. The lowest BCUT2D eigenvalue weighted by Gasteiger charge is -2.36. The molecule has 0 amide bonds. The first-order valence-corrected chi connectivity index (χ1v) is 8.32. The summed E-state index contributed by atoms with van der Waals surface area (Å²) in [5.74, 6) is 2.19. The molecule has 23 heavy (non-hydrogen) atoms. The van der Waals surface area contributed by atoms with Gasteiger partial charge in [-0.2, -0.15) is 5.26 Å². The van der Waals surface area contributed by atoms with E-state index in [2.05, 4.69) is 41.7 Å².